The summed E-state index contributed by atoms with van der Waals surface area (Å²) in [5.41, 5.74) is 0.414. The fourth-order valence-electron chi connectivity index (χ4n) is 3.41. The molecule has 0 saturated heterocycles. The average Bonchev–Trinajstić information content (AvgIpc) is 3.20. The molecule has 0 saturated carbocycles. The SMILES string of the molecule is COc1ccc(Oc2c(/C=C(/C(=O)[O-])c3ccncc3)sc3c(OC)cc(Cl)c(OC)c23)cc1. The number of rotatable bonds is 8. The standard InChI is InChI=1S/C25H20ClNO6S/c1-30-15-4-6-16(7-5-15)33-23-20(12-17(25(28)29)14-8-10-27-11-9-14)34-24-19(31-2)13-18(26)22(32-3)21(23)24/h4-13H,1-3H3,(H,28,29)/p-1/b17-12+. The molecule has 0 aliphatic heterocycles. The Bertz CT molecular complexity index is 1370. The number of pyridine rings is 1. The maximum Gasteiger partial charge on any atom is 0.157 e. The molecule has 0 aliphatic carbocycles. The molecule has 7 nitrogen and oxygen atoms in total. The van der Waals surface area contributed by atoms with Gasteiger partial charge in [0.15, 0.2) is 5.75 Å². The molecule has 0 unspecified atom stereocenters. The number of carboxylic acids is 1. The first-order chi connectivity index (χ1) is 16.5. The fourth-order valence-corrected chi connectivity index (χ4v) is 4.84. The minimum atomic E-state index is -1.34. The van der Waals surface area contributed by atoms with Gasteiger partial charge in [-0.15, -0.1) is 11.3 Å². The number of carboxylic acid groups (broad SMARTS) is 1. The molecular formula is C25H19ClNO6S-. The minimum absolute atomic E-state index is 0.0300. The molecule has 0 amide bonds. The zero-order chi connectivity index (χ0) is 24.2. The number of aromatic nitrogens is 1. The van der Waals surface area contributed by atoms with Crippen LogP contribution in [0.3, 0.4) is 0 Å². The van der Waals surface area contributed by atoms with Crippen molar-refractivity contribution >= 4 is 50.6 Å². The van der Waals surface area contributed by atoms with Gasteiger partial charge >= 0.3 is 0 Å². The molecule has 0 fully saturated rings. The van der Waals surface area contributed by atoms with E-state index in [2.05, 4.69) is 4.98 Å². The van der Waals surface area contributed by atoms with E-state index in [1.807, 2.05) is 0 Å². The highest BCUT2D eigenvalue weighted by molar-refractivity contribution is 7.21. The summed E-state index contributed by atoms with van der Waals surface area (Å²) in [7, 11) is 4.60. The molecule has 0 N–H and O–H groups in total. The van der Waals surface area contributed by atoms with E-state index in [9.17, 15) is 9.90 Å². The number of carbonyl (C=O) groups is 1. The molecule has 4 rings (SSSR count). The predicted octanol–water partition coefficient (Wildman–Crippen LogP) is 5.06. The smallest absolute Gasteiger partial charge is 0.157 e. The molecule has 34 heavy (non-hydrogen) atoms. The average molecular weight is 497 g/mol. The van der Waals surface area contributed by atoms with Crippen molar-refractivity contribution in [2.24, 2.45) is 0 Å². The molecule has 2 heterocycles. The van der Waals surface area contributed by atoms with Crippen LogP contribution in [0, 0.1) is 0 Å². The molecule has 0 aliphatic rings. The van der Waals surface area contributed by atoms with Gasteiger partial charge in [0.1, 0.15) is 23.0 Å². The fraction of sp³-hybridized carbons (Fsp3) is 0.120. The van der Waals surface area contributed by atoms with Gasteiger partial charge in [-0.1, -0.05) is 11.6 Å². The number of halogens is 1. The second kappa shape index (κ2) is 10.0. The van der Waals surface area contributed by atoms with Gasteiger partial charge in [0.2, 0.25) is 0 Å². The monoisotopic (exact) mass is 496 g/mol. The Kier molecular flexibility index (Phi) is 6.90. The van der Waals surface area contributed by atoms with Crippen molar-refractivity contribution < 1.29 is 28.8 Å². The molecule has 0 radical (unpaired) electrons. The first-order valence-corrected chi connectivity index (χ1v) is 11.2. The largest absolute Gasteiger partial charge is 0.545 e. The summed E-state index contributed by atoms with van der Waals surface area (Å²) in [4.78, 5) is 16.5. The summed E-state index contributed by atoms with van der Waals surface area (Å²) in [5, 5.41) is 12.9. The van der Waals surface area contributed by atoms with E-state index in [-0.39, 0.29) is 5.57 Å². The highest BCUT2D eigenvalue weighted by Gasteiger charge is 2.24. The van der Waals surface area contributed by atoms with E-state index in [0.29, 0.717) is 54.3 Å². The number of benzene rings is 2. The van der Waals surface area contributed by atoms with Gasteiger partial charge in [-0.3, -0.25) is 4.98 Å². The minimum Gasteiger partial charge on any atom is -0.545 e. The number of methoxy groups -OCH3 is 3. The summed E-state index contributed by atoms with van der Waals surface area (Å²) >= 11 is 7.75. The number of ether oxygens (including phenoxy) is 4. The van der Waals surface area contributed by atoms with Crippen molar-refractivity contribution in [1.82, 2.24) is 4.98 Å². The van der Waals surface area contributed by atoms with Crippen molar-refractivity contribution in [3.63, 3.8) is 0 Å². The first kappa shape index (κ1) is 23.4. The normalized spacial score (nSPS) is 11.4. The molecule has 0 bridgehead atoms. The number of aliphatic carboxylic acids is 1. The number of thiophene rings is 1. The summed E-state index contributed by atoms with van der Waals surface area (Å²) < 4.78 is 23.3. The lowest BCUT2D eigenvalue weighted by Gasteiger charge is -2.12. The van der Waals surface area contributed by atoms with Crippen LogP contribution in [0.2, 0.25) is 5.02 Å². The van der Waals surface area contributed by atoms with Crippen LogP contribution in [0.15, 0.2) is 54.9 Å². The molecule has 9 heteroatoms. The third kappa shape index (κ3) is 4.50. The van der Waals surface area contributed by atoms with Gasteiger partial charge in [0, 0.05) is 24.0 Å². The third-order valence-corrected chi connectivity index (χ3v) is 6.42. The summed E-state index contributed by atoms with van der Waals surface area (Å²) in [6.07, 6.45) is 4.52. The van der Waals surface area contributed by atoms with Crippen molar-refractivity contribution in [2.75, 3.05) is 21.3 Å². The summed E-state index contributed by atoms with van der Waals surface area (Å²) in [6.45, 7) is 0. The number of nitrogens with zero attached hydrogens (tertiary/aromatic N) is 1. The Morgan fingerprint density at radius 2 is 1.65 bits per heavy atom. The molecule has 2 aromatic carbocycles. The molecular weight excluding hydrogens is 478 g/mol. The van der Waals surface area contributed by atoms with Gasteiger partial charge in [-0.2, -0.15) is 0 Å². The molecule has 4 aromatic rings. The Morgan fingerprint density at radius 3 is 2.24 bits per heavy atom. The van der Waals surface area contributed by atoms with Gasteiger partial charge in [0.05, 0.1) is 47.3 Å². The molecule has 174 valence electrons. The van der Waals surface area contributed by atoms with Crippen molar-refractivity contribution in [3.05, 3.63) is 70.3 Å². The van der Waals surface area contributed by atoms with Crippen molar-refractivity contribution in [2.45, 2.75) is 0 Å². The second-order valence-electron chi connectivity index (χ2n) is 6.95. The number of fused-ring (bicyclic) bond motifs is 1. The Balaban J connectivity index is 1.99. The second-order valence-corrected chi connectivity index (χ2v) is 8.41. The van der Waals surface area contributed by atoms with Crippen molar-refractivity contribution in [1.29, 1.82) is 0 Å². The van der Waals surface area contributed by atoms with Gasteiger partial charge < -0.3 is 28.8 Å². The lowest BCUT2D eigenvalue weighted by Crippen LogP contribution is -2.23. The van der Waals surface area contributed by atoms with Crippen LogP contribution in [0.25, 0.3) is 21.7 Å². The van der Waals surface area contributed by atoms with E-state index in [1.54, 1.807) is 49.6 Å². The van der Waals surface area contributed by atoms with E-state index >= 15 is 0 Å². The summed E-state index contributed by atoms with van der Waals surface area (Å²) in [5.74, 6) is 1.10. The maximum absolute atomic E-state index is 12.0. The van der Waals surface area contributed by atoms with Gasteiger partial charge in [-0.25, -0.2) is 0 Å². The van der Waals surface area contributed by atoms with Crippen LogP contribution < -0.4 is 24.1 Å². The molecule has 0 spiro atoms. The van der Waals surface area contributed by atoms with Crippen LogP contribution in [0.1, 0.15) is 10.4 Å². The van der Waals surface area contributed by atoms with E-state index in [0.717, 1.165) is 0 Å². The van der Waals surface area contributed by atoms with E-state index in [1.165, 1.54) is 44.0 Å². The maximum atomic E-state index is 12.0. The zero-order valence-electron chi connectivity index (χ0n) is 18.5. The highest BCUT2D eigenvalue weighted by atomic mass is 35.5. The van der Waals surface area contributed by atoms with Crippen LogP contribution in [0.5, 0.6) is 28.7 Å². The van der Waals surface area contributed by atoms with Crippen LogP contribution in [-0.4, -0.2) is 32.3 Å². The Morgan fingerprint density at radius 1 is 0.971 bits per heavy atom. The van der Waals surface area contributed by atoms with E-state index < -0.39 is 5.97 Å². The van der Waals surface area contributed by atoms with Crippen molar-refractivity contribution in [3.8, 4) is 28.7 Å². The predicted molar refractivity (Wildman–Crippen MR) is 130 cm³/mol. The van der Waals surface area contributed by atoms with Crippen LogP contribution in [-0.2, 0) is 4.79 Å². The van der Waals surface area contributed by atoms with Gasteiger partial charge in [-0.05, 0) is 48.0 Å². The van der Waals surface area contributed by atoms with Crippen LogP contribution >= 0.6 is 22.9 Å². The number of carbonyl (C=O) groups excluding carboxylic acids is 1. The Hall–Kier alpha value is -3.75. The zero-order valence-corrected chi connectivity index (χ0v) is 20.0. The molecule has 0 atom stereocenters. The van der Waals surface area contributed by atoms with Crippen LogP contribution in [0.4, 0.5) is 0 Å². The highest BCUT2D eigenvalue weighted by Crippen LogP contribution is 2.52. The topological polar surface area (TPSA) is 89.9 Å². The quantitative estimate of drug-likeness (QED) is 0.315. The Labute approximate surface area is 204 Å². The van der Waals surface area contributed by atoms with Gasteiger partial charge in [0.25, 0.3) is 0 Å². The number of hydrogen-bond acceptors (Lipinski definition) is 8. The lowest BCUT2D eigenvalue weighted by atomic mass is 10.1. The first-order valence-electron chi connectivity index (χ1n) is 9.99. The number of hydrogen-bond donors (Lipinski definition) is 0. The lowest BCUT2D eigenvalue weighted by molar-refractivity contribution is -0.295. The molecule has 2 aromatic heterocycles. The van der Waals surface area contributed by atoms with E-state index in [4.69, 9.17) is 30.5 Å². The third-order valence-electron chi connectivity index (χ3n) is 5.01. The summed E-state index contributed by atoms with van der Waals surface area (Å²) in [6, 6.07) is 11.8.